The number of β-amino-alcohol motifs (C(OH)–C–C–N with tert-alkyl or cyclic N) is 1. The van der Waals surface area contributed by atoms with E-state index in [0.717, 1.165) is 44.9 Å². The van der Waals surface area contributed by atoms with Gasteiger partial charge in [-0.3, -0.25) is 38.4 Å². The third-order valence-electron chi connectivity index (χ3n) is 20.8. The molecule has 1 radical (unpaired) electrons. The van der Waals surface area contributed by atoms with Gasteiger partial charge >= 0.3 is 0 Å². The van der Waals surface area contributed by atoms with Gasteiger partial charge < -0.3 is 143 Å². The van der Waals surface area contributed by atoms with Gasteiger partial charge in [-0.15, -0.1) is 0 Å². The molecule has 16 unspecified atom stereocenters. The number of rotatable bonds is 62. The summed E-state index contributed by atoms with van der Waals surface area (Å²) in [5.74, 6) is -2.13. The zero-order valence-electron chi connectivity index (χ0n) is 70.6. The van der Waals surface area contributed by atoms with Gasteiger partial charge in [0.1, 0.15) is 42.4 Å². The summed E-state index contributed by atoms with van der Waals surface area (Å²) in [6.45, 7) is 15.2. The van der Waals surface area contributed by atoms with Crippen molar-refractivity contribution in [2.45, 2.75) is 307 Å². The fraction of sp³-hybridized carbons (Fsp3) is 0.877. The molecular weight excluding hydrogens is 1610 g/mol. The third-order valence-corrected chi connectivity index (χ3v) is 20.8. The van der Waals surface area contributed by atoms with Gasteiger partial charge in [0.25, 0.3) is 0 Å². The van der Waals surface area contributed by atoms with Crippen molar-refractivity contribution >= 4 is 47.1 Å². The van der Waals surface area contributed by atoms with Crippen molar-refractivity contribution < 1.29 is 170 Å². The molecule has 4 aliphatic heterocycles. The van der Waals surface area contributed by atoms with Gasteiger partial charge in [-0.2, -0.15) is 6.42 Å². The standard InChI is InChI=1S/C59H108N6O24.C21H38NO3.CH3O.Y/c1-38-50(75)53(78)41(32-66)87-56(38)84-26-8-5-14-44(69)60-20-11-23-63-47(72)17-29-81-35-59(4,36-82-30-18-48(73)64-24-12-21-61-45(70)15-6-9-27-85-57-39(2)51(76)54(79)42(33-67)88-57)37-83-31-19-49(74)65-25-13-22-62-46(71)16-7-10-28-86-58-40(3)52(77)55(80)43(34-68)89-58;1-3-13-18-16-20(24)17-22(18)21(25)15-12-10-8-6-5-7-9-11-14-19(23)4-2;1-2;/h38-43,50-58,66-68,75-80H,5-37H2,1-4H3,(H,60,69)(H,61,70)(H,62,71)(H,63,72)(H,64,73)(H,65,74);18,20,24H,1,3-17H2,2H3;2H,1H2;/q;2*-1;/t;18?,20-;;/m.1../s1. The Morgan fingerprint density at radius 2 is 0.701 bits per heavy atom. The first-order valence-corrected chi connectivity index (χ1v) is 42.4. The molecule has 7 amide bonds. The molecule has 17 N–H and O–H groups in total. The van der Waals surface area contributed by atoms with Crippen LogP contribution in [-0.4, -0.2) is 319 Å². The Bertz CT molecular complexity index is 2420. The molecule has 0 aromatic carbocycles. The summed E-state index contributed by atoms with van der Waals surface area (Å²) >= 11 is 0. The van der Waals surface area contributed by atoms with Crippen LogP contribution in [0.15, 0.2) is 0 Å². The van der Waals surface area contributed by atoms with Crippen LogP contribution < -0.4 is 31.9 Å². The van der Waals surface area contributed by atoms with Gasteiger partial charge in [-0.05, 0) is 77.0 Å². The van der Waals surface area contributed by atoms with Crippen LogP contribution in [-0.2, 0) is 114 Å². The van der Waals surface area contributed by atoms with Crippen LogP contribution >= 0.6 is 0 Å². The first-order valence-electron chi connectivity index (χ1n) is 42.4. The van der Waals surface area contributed by atoms with Crippen molar-refractivity contribution in [2.24, 2.45) is 23.2 Å². The largest absolute Gasteiger partial charge is 0.569 e. The van der Waals surface area contributed by atoms with Crippen molar-refractivity contribution in [3.8, 4) is 0 Å². The second kappa shape index (κ2) is 67.7. The van der Waals surface area contributed by atoms with Crippen molar-refractivity contribution in [2.75, 3.05) is 125 Å². The average Bonchev–Trinajstić information content (AvgIpc) is 1.51. The van der Waals surface area contributed by atoms with Crippen LogP contribution in [0.2, 0.25) is 0 Å². The number of carbonyl (C=O) groups is 8. The van der Waals surface area contributed by atoms with Gasteiger partial charge in [0.05, 0.1) is 83.9 Å². The predicted molar refractivity (Wildman–Crippen MR) is 426 cm³/mol. The summed E-state index contributed by atoms with van der Waals surface area (Å²) in [5, 5.41) is 122. The molecular formula is C81H149N7O28Y-2. The summed E-state index contributed by atoms with van der Waals surface area (Å²) < 4.78 is 51.5. The number of amides is 7. The Kier molecular flexibility index (Phi) is 64.4. The van der Waals surface area contributed by atoms with Crippen molar-refractivity contribution in [1.82, 2.24) is 36.8 Å². The Morgan fingerprint density at radius 1 is 0.410 bits per heavy atom. The molecule has 0 aromatic heterocycles. The average molecular weight is 1760 g/mol. The molecule has 35 nitrogen and oxygen atoms in total. The van der Waals surface area contributed by atoms with E-state index in [9.17, 15) is 89.4 Å². The van der Waals surface area contributed by atoms with E-state index in [4.69, 9.17) is 47.7 Å². The summed E-state index contributed by atoms with van der Waals surface area (Å²) in [5.41, 5.74) is -0.744. The van der Waals surface area contributed by atoms with Crippen LogP contribution in [0.1, 0.15) is 221 Å². The Hall–Kier alpha value is -3.74. The second-order valence-corrected chi connectivity index (χ2v) is 31.0. The van der Waals surface area contributed by atoms with E-state index in [1.54, 1.807) is 20.8 Å². The SMILES string of the molecule is CC1C(OCCCCC(=O)NCCCNC(=O)CCOCC(C)(COCCC(=O)NCCCNC(=O)CCCCOC2OC(CO)C(O)C(O)C2C)COCCC(=O)NCCCNC(=O)CCCCOC2OC(CO)C(O)C(O)C2C)OC(CO)C(O)C1O.[CH2-]CCC1C[C@@H](O)CN1C(=O)CCCCCCCCCCC(=O)CC.[CH2-]O.[Y]. The topological polar surface area (TPSA) is 518 Å². The number of nitrogens with one attached hydrogen (secondary N) is 6. The van der Waals surface area contributed by atoms with Crippen LogP contribution in [0.25, 0.3) is 0 Å². The molecule has 36 heteroatoms. The first-order chi connectivity index (χ1) is 55.7. The minimum atomic E-state index is -1.21. The molecule has 681 valence electrons. The zero-order valence-corrected chi connectivity index (χ0v) is 73.4. The quantitative estimate of drug-likeness (QED) is 0.0303. The smallest absolute Gasteiger partial charge is 0.222 e. The van der Waals surface area contributed by atoms with E-state index < -0.39 is 117 Å². The Labute approximate surface area is 718 Å². The third kappa shape index (κ3) is 48.2. The molecule has 0 spiro atoms. The molecule has 4 fully saturated rings. The minimum absolute atomic E-state index is 0. The van der Waals surface area contributed by atoms with E-state index in [0.29, 0.717) is 129 Å². The van der Waals surface area contributed by atoms with E-state index in [2.05, 4.69) is 45.9 Å². The number of carbonyl (C=O) groups excluding carboxylic acids is 8. The Morgan fingerprint density at radius 3 is 1.00 bits per heavy atom. The molecule has 0 aromatic rings. The van der Waals surface area contributed by atoms with E-state index in [-0.39, 0.29) is 184 Å². The number of hydrogen-bond donors (Lipinski definition) is 17. The van der Waals surface area contributed by atoms with E-state index in [1.807, 2.05) is 18.7 Å². The van der Waals surface area contributed by atoms with Gasteiger partial charge in [0.15, 0.2) is 18.9 Å². The molecule has 4 heterocycles. The Balaban J connectivity index is 0.00000207. The van der Waals surface area contributed by atoms with Gasteiger partial charge in [-0.1, -0.05) is 79.6 Å². The number of likely N-dealkylation sites (tertiary alicyclic amines) is 1. The summed E-state index contributed by atoms with van der Waals surface area (Å²) in [7, 11) is 2.25. The molecule has 4 rings (SSSR count). The second-order valence-electron chi connectivity index (χ2n) is 31.0. The molecule has 0 aliphatic carbocycles. The molecule has 117 heavy (non-hydrogen) atoms. The number of nitrogens with zero attached hydrogens (tertiary/aromatic N) is 1. The number of aliphatic hydroxyl groups is 11. The fourth-order valence-electron chi connectivity index (χ4n) is 13.4. The number of ether oxygens (including phenoxy) is 9. The van der Waals surface area contributed by atoms with Gasteiger partial charge in [0, 0.05) is 185 Å². The summed E-state index contributed by atoms with van der Waals surface area (Å²) in [4.78, 5) is 100. The summed E-state index contributed by atoms with van der Waals surface area (Å²) in [6, 6.07) is 0.194. The molecule has 0 saturated carbocycles. The molecule has 0 bridgehead atoms. The van der Waals surface area contributed by atoms with Crippen molar-refractivity contribution in [3.05, 3.63) is 14.0 Å². The molecule has 4 aliphatic rings. The summed E-state index contributed by atoms with van der Waals surface area (Å²) in [6.07, 6.45) is 6.77. The monoisotopic (exact) mass is 1760 g/mol. The zero-order chi connectivity index (χ0) is 86.1. The van der Waals surface area contributed by atoms with Crippen LogP contribution in [0, 0.1) is 37.2 Å². The number of hydrogen-bond acceptors (Lipinski definition) is 28. The van der Waals surface area contributed by atoms with E-state index >= 15 is 0 Å². The first kappa shape index (κ1) is 111. The molecule has 4 saturated heterocycles. The van der Waals surface area contributed by atoms with Crippen molar-refractivity contribution in [3.63, 3.8) is 0 Å². The van der Waals surface area contributed by atoms with E-state index in [1.165, 1.54) is 25.7 Å². The molecule has 17 atom stereocenters. The number of aliphatic hydroxyl groups excluding tert-OH is 11. The van der Waals surface area contributed by atoms with Crippen molar-refractivity contribution in [1.29, 1.82) is 0 Å². The maximum Gasteiger partial charge on any atom is 0.222 e. The van der Waals surface area contributed by atoms with Crippen LogP contribution in [0.5, 0.6) is 0 Å². The van der Waals surface area contributed by atoms with Crippen LogP contribution in [0.3, 0.4) is 0 Å². The van der Waals surface area contributed by atoms with Crippen LogP contribution in [0.4, 0.5) is 0 Å². The number of unbranched alkanes of at least 4 members (excludes halogenated alkanes) is 10. The normalized spacial score (nSPS) is 25.4. The predicted octanol–water partition coefficient (Wildman–Crippen LogP) is 1.46. The minimum Gasteiger partial charge on any atom is -0.569 e. The maximum absolute atomic E-state index is 12.6. The maximum atomic E-state index is 12.6. The van der Waals surface area contributed by atoms with Gasteiger partial charge in [0.2, 0.25) is 41.4 Å². The fourth-order valence-corrected chi connectivity index (χ4v) is 13.4. The number of Topliss-reactive ketones (excluding diaryl/α,β-unsaturated/α-hetero) is 1. The number of ketones is 1. The van der Waals surface area contributed by atoms with Gasteiger partial charge in [-0.25, -0.2) is 7.11 Å².